The minimum Gasteiger partial charge on any atom is -0.460 e. The third-order valence-electron chi connectivity index (χ3n) is 2.17. The molecular weight excluding hydrogens is 300 g/mol. The van der Waals surface area contributed by atoms with Gasteiger partial charge in [0.25, 0.3) is 5.82 Å². The van der Waals surface area contributed by atoms with Crippen molar-refractivity contribution in [1.29, 1.82) is 0 Å². The average molecular weight is 311 g/mol. The SMILES string of the molecule is CCOC(=O)c1noc(Cc2cccc(Br)c2)n1. The molecule has 94 valence electrons. The van der Waals surface area contributed by atoms with Crippen LogP contribution in [-0.4, -0.2) is 22.7 Å². The molecule has 0 saturated carbocycles. The quantitative estimate of drug-likeness (QED) is 0.812. The molecule has 1 aromatic carbocycles. The van der Waals surface area contributed by atoms with Gasteiger partial charge in [-0.2, -0.15) is 4.98 Å². The highest BCUT2D eigenvalue weighted by molar-refractivity contribution is 9.10. The van der Waals surface area contributed by atoms with Gasteiger partial charge >= 0.3 is 5.97 Å². The van der Waals surface area contributed by atoms with E-state index in [1.165, 1.54) is 0 Å². The maximum Gasteiger partial charge on any atom is 0.379 e. The molecule has 0 N–H and O–H groups in total. The second-order valence-electron chi connectivity index (χ2n) is 3.54. The van der Waals surface area contributed by atoms with E-state index in [1.54, 1.807) is 6.92 Å². The Balaban J connectivity index is 2.09. The van der Waals surface area contributed by atoms with Crippen molar-refractivity contribution in [1.82, 2.24) is 10.1 Å². The first kappa shape index (κ1) is 12.8. The predicted molar refractivity (Wildman–Crippen MR) is 67.2 cm³/mol. The van der Waals surface area contributed by atoms with Gasteiger partial charge in [-0.25, -0.2) is 4.79 Å². The van der Waals surface area contributed by atoms with Gasteiger partial charge in [0.05, 0.1) is 13.0 Å². The largest absolute Gasteiger partial charge is 0.460 e. The number of ether oxygens (including phenoxy) is 1. The van der Waals surface area contributed by atoms with Gasteiger partial charge in [0.2, 0.25) is 5.89 Å². The third-order valence-corrected chi connectivity index (χ3v) is 2.66. The Hall–Kier alpha value is -1.69. The Labute approximate surface area is 112 Å². The van der Waals surface area contributed by atoms with Crippen LogP contribution in [0.2, 0.25) is 0 Å². The van der Waals surface area contributed by atoms with Crippen molar-refractivity contribution < 1.29 is 14.1 Å². The number of nitrogens with zero attached hydrogens (tertiary/aromatic N) is 2. The molecule has 0 amide bonds. The molecule has 0 atom stereocenters. The number of rotatable bonds is 4. The molecule has 0 aliphatic heterocycles. The van der Waals surface area contributed by atoms with Crippen molar-refractivity contribution in [2.24, 2.45) is 0 Å². The van der Waals surface area contributed by atoms with Gasteiger partial charge in [0.1, 0.15) is 0 Å². The zero-order valence-electron chi connectivity index (χ0n) is 9.72. The second kappa shape index (κ2) is 5.77. The lowest BCUT2D eigenvalue weighted by Crippen LogP contribution is -2.06. The minimum atomic E-state index is -0.568. The zero-order valence-corrected chi connectivity index (χ0v) is 11.3. The molecule has 5 nitrogen and oxygen atoms in total. The number of halogens is 1. The van der Waals surface area contributed by atoms with Crippen molar-refractivity contribution >= 4 is 21.9 Å². The maximum atomic E-state index is 11.3. The highest BCUT2D eigenvalue weighted by atomic mass is 79.9. The molecule has 0 radical (unpaired) electrons. The van der Waals surface area contributed by atoms with Crippen LogP contribution in [0.15, 0.2) is 33.3 Å². The van der Waals surface area contributed by atoms with Crippen molar-refractivity contribution in [3.05, 3.63) is 46.0 Å². The first-order valence-corrected chi connectivity index (χ1v) is 6.22. The van der Waals surface area contributed by atoms with Gasteiger partial charge < -0.3 is 9.26 Å². The van der Waals surface area contributed by atoms with Gasteiger partial charge in [-0.05, 0) is 29.8 Å². The Kier molecular flexibility index (Phi) is 4.09. The van der Waals surface area contributed by atoms with Gasteiger partial charge in [-0.3, -0.25) is 0 Å². The van der Waals surface area contributed by atoms with Crippen LogP contribution in [0.5, 0.6) is 0 Å². The maximum absolute atomic E-state index is 11.3. The summed E-state index contributed by atoms with van der Waals surface area (Å²) >= 11 is 3.38. The fourth-order valence-electron chi connectivity index (χ4n) is 1.43. The van der Waals surface area contributed by atoms with Crippen molar-refractivity contribution in [2.45, 2.75) is 13.3 Å². The van der Waals surface area contributed by atoms with Crippen LogP contribution < -0.4 is 0 Å². The lowest BCUT2D eigenvalue weighted by molar-refractivity contribution is 0.0508. The Bertz CT molecular complexity index is 554. The van der Waals surface area contributed by atoms with Crippen LogP contribution in [0, 0.1) is 0 Å². The molecular formula is C12H11BrN2O3. The molecule has 2 rings (SSSR count). The third kappa shape index (κ3) is 3.16. The van der Waals surface area contributed by atoms with E-state index < -0.39 is 5.97 Å². The smallest absolute Gasteiger partial charge is 0.379 e. The molecule has 0 fully saturated rings. The highest BCUT2D eigenvalue weighted by Gasteiger charge is 2.15. The molecule has 0 saturated heterocycles. The van der Waals surface area contributed by atoms with E-state index in [0.717, 1.165) is 10.0 Å². The second-order valence-corrected chi connectivity index (χ2v) is 4.45. The van der Waals surface area contributed by atoms with Crippen molar-refractivity contribution in [2.75, 3.05) is 6.61 Å². The van der Waals surface area contributed by atoms with Crippen LogP contribution in [0.4, 0.5) is 0 Å². The molecule has 1 aromatic heterocycles. The van der Waals surface area contributed by atoms with Crippen LogP contribution in [0.1, 0.15) is 29.0 Å². The number of hydrogen-bond acceptors (Lipinski definition) is 5. The highest BCUT2D eigenvalue weighted by Crippen LogP contribution is 2.14. The summed E-state index contributed by atoms with van der Waals surface area (Å²) in [6, 6.07) is 7.75. The first-order valence-electron chi connectivity index (χ1n) is 5.43. The summed E-state index contributed by atoms with van der Waals surface area (Å²) in [6.07, 6.45) is 0.478. The normalized spacial score (nSPS) is 10.3. The Morgan fingerprint density at radius 3 is 3.06 bits per heavy atom. The molecule has 1 heterocycles. The summed E-state index contributed by atoms with van der Waals surface area (Å²) in [5.74, 6) is -0.222. The lowest BCUT2D eigenvalue weighted by atomic mass is 10.1. The summed E-state index contributed by atoms with van der Waals surface area (Å²) in [5.41, 5.74) is 1.02. The molecule has 6 heteroatoms. The van der Waals surface area contributed by atoms with E-state index in [4.69, 9.17) is 9.26 Å². The first-order chi connectivity index (χ1) is 8.69. The fourth-order valence-corrected chi connectivity index (χ4v) is 1.87. The van der Waals surface area contributed by atoms with Crippen LogP contribution in [0.3, 0.4) is 0 Å². The number of esters is 1. The van der Waals surface area contributed by atoms with Gasteiger partial charge in [-0.15, -0.1) is 0 Å². The molecule has 0 bridgehead atoms. The fraction of sp³-hybridized carbons (Fsp3) is 0.250. The van der Waals surface area contributed by atoms with Gasteiger partial charge in [0.15, 0.2) is 0 Å². The summed E-state index contributed by atoms with van der Waals surface area (Å²) < 4.78 is 10.8. The van der Waals surface area contributed by atoms with Crippen LogP contribution in [-0.2, 0) is 11.2 Å². The van der Waals surface area contributed by atoms with E-state index in [9.17, 15) is 4.79 Å². The topological polar surface area (TPSA) is 65.2 Å². The minimum absolute atomic E-state index is 0.0400. The summed E-state index contributed by atoms with van der Waals surface area (Å²) in [4.78, 5) is 15.3. The zero-order chi connectivity index (χ0) is 13.0. The number of hydrogen-bond donors (Lipinski definition) is 0. The summed E-state index contributed by atoms with van der Waals surface area (Å²) in [7, 11) is 0. The predicted octanol–water partition coefficient (Wildman–Crippen LogP) is 2.60. The number of aromatic nitrogens is 2. The lowest BCUT2D eigenvalue weighted by Gasteiger charge is -1.96. The van der Waals surface area contributed by atoms with Crippen LogP contribution >= 0.6 is 15.9 Å². The average Bonchev–Trinajstić information content (AvgIpc) is 2.78. The number of carbonyl (C=O) groups is 1. The Morgan fingerprint density at radius 2 is 2.33 bits per heavy atom. The standard InChI is InChI=1S/C12H11BrN2O3/c1-2-17-12(16)11-14-10(18-15-11)7-8-4-3-5-9(13)6-8/h3-6H,2,7H2,1H3. The number of benzene rings is 1. The Morgan fingerprint density at radius 1 is 1.50 bits per heavy atom. The number of carbonyl (C=O) groups excluding carboxylic acids is 1. The van der Waals surface area contributed by atoms with E-state index in [1.807, 2.05) is 24.3 Å². The van der Waals surface area contributed by atoms with E-state index in [-0.39, 0.29) is 12.4 Å². The molecule has 0 unspecified atom stereocenters. The van der Waals surface area contributed by atoms with Crippen molar-refractivity contribution in [3.63, 3.8) is 0 Å². The van der Waals surface area contributed by atoms with E-state index in [2.05, 4.69) is 26.1 Å². The molecule has 18 heavy (non-hydrogen) atoms. The summed E-state index contributed by atoms with van der Waals surface area (Å²) in [5, 5.41) is 3.58. The molecule has 0 spiro atoms. The monoisotopic (exact) mass is 310 g/mol. The van der Waals surface area contributed by atoms with Crippen LogP contribution in [0.25, 0.3) is 0 Å². The van der Waals surface area contributed by atoms with Crippen molar-refractivity contribution in [3.8, 4) is 0 Å². The molecule has 2 aromatic rings. The summed E-state index contributed by atoms with van der Waals surface area (Å²) in [6.45, 7) is 2.01. The van der Waals surface area contributed by atoms with Gasteiger partial charge in [-0.1, -0.05) is 28.1 Å². The molecule has 0 aliphatic rings. The van der Waals surface area contributed by atoms with E-state index >= 15 is 0 Å². The molecule has 0 aliphatic carbocycles. The van der Waals surface area contributed by atoms with Gasteiger partial charge in [0, 0.05) is 4.47 Å². The van der Waals surface area contributed by atoms with E-state index in [0.29, 0.717) is 12.3 Å².